The Morgan fingerprint density at radius 3 is 3.20 bits per heavy atom. The molecule has 3 rings (SSSR count). The van der Waals surface area contributed by atoms with E-state index in [1.807, 2.05) is 0 Å². The fraction of sp³-hybridized carbons (Fsp3) is 0. The number of hydrogen-bond donors (Lipinski definition) is 2. The number of benzene rings is 1. The highest BCUT2D eigenvalue weighted by Crippen LogP contribution is 2.36. The molecule has 0 bridgehead atoms. The standard InChI is InChI=1S/C8H5N5OS/c9-8-11-6-5(13-14)1-4-3(2-10-12-4)7(6)15-8/h1-2H,(H2,9,11)(H,10,12). The highest BCUT2D eigenvalue weighted by molar-refractivity contribution is 7.23. The average Bonchev–Trinajstić information content (AvgIpc) is 2.80. The highest BCUT2D eigenvalue weighted by atomic mass is 32.1. The normalized spacial score (nSPS) is 11.2. The first-order chi connectivity index (χ1) is 7.29. The molecule has 0 amide bonds. The van der Waals surface area contributed by atoms with Crippen molar-refractivity contribution in [3.05, 3.63) is 17.2 Å². The lowest BCUT2D eigenvalue weighted by molar-refractivity contribution is 1.12. The quantitative estimate of drug-likeness (QED) is 0.613. The molecule has 7 heteroatoms. The summed E-state index contributed by atoms with van der Waals surface area (Å²) < 4.78 is 0.841. The topological polar surface area (TPSA) is 97.0 Å². The molecule has 3 N–H and O–H groups in total. The van der Waals surface area contributed by atoms with Crippen LogP contribution in [0.1, 0.15) is 0 Å². The molecule has 0 unspecified atom stereocenters. The number of H-pyrrole nitrogens is 1. The maximum Gasteiger partial charge on any atom is 0.181 e. The second kappa shape index (κ2) is 2.74. The molecule has 0 radical (unpaired) electrons. The number of aromatic nitrogens is 3. The summed E-state index contributed by atoms with van der Waals surface area (Å²) in [6.45, 7) is 0. The van der Waals surface area contributed by atoms with Gasteiger partial charge in [0.15, 0.2) is 5.13 Å². The van der Waals surface area contributed by atoms with E-state index in [4.69, 9.17) is 5.73 Å². The minimum absolute atomic E-state index is 0.287. The van der Waals surface area contributed by atoms with E-state index in [-0.39, 0.29) is 5.69 Å². The number of nitrogens with zero attached hydrogens (tertiary/aromatic N) is 3. The van der Waals surface area contributed by atoms with E-state index in [0.717, 1.165) is 15.6 Å². The van der Waals surface area contributed by atoms with Crippen LogP contribution in [-0.2, 0) is 0 Å². The van der Waals surface area contributed by atoms with Crippen LogP contribution in [0.5, 0.6) is 0 Å². The Kier molecular flexibility index (Phi) is 1.51. The molecule has 0 saturated carbocycles. The molecule has 0 aliphatic carbocycles. The average molecular weight is 219 g/mol. The van der Waals surface area contributed by atoms with Gasteiger partial charge in [-0.3, -0.25) is 5.10 Å². The van der Waals surface area contributed by atoms with Crippen molar-refractivity contribution in [1.29, 1.82) is 0 Å². The van der Waals surface area contributed by atoms with Gasteiger partial charge < -0.3 is 5.73 Å². The molecule has 15 heavy (non-hydrogen) atoms. The molecule has 0 atom stereocenters. The van der Waals surface area contributed by atoms with Crippen molar-refractivity contribution in [3.63, 3.8) is 0 Å². The Balaban J connectivity index is 2.63. The Morgan fingerprint density at radius 2 is 2.40 bits per heavy atom. The fourth-order valence-corrected chi connectivity index (χ4v) is 2.42. The molecule has 0 aliphatic rings. The second-order valence-electron chi connectivity index (χ2n) is 3.05. The zero-order chi connectivity index (χ0) is 10.4. The van der Waals surface area contributed by atoms with Gasteiger partial charge >= 0.3 is 0 Å². The SMILES string of the molecule is Nc1nc2c(N=O)cc3[nH]ncc3c2s1. The fourth-order valence-electron chi connectivity index (χ4n) is 1.55. The largest absolute Gasteiger partial charge is 0.375 e. The van der Waals surface area contributed by atoms with Gasteiger partial charge in [-0.15, -0.1) is 4.91 Å². The van der Waals surface area contributed by atoms with Crippen molar-refractivity contribution in [2.45, 2.75) is 0 Å². The van der Waals surface area contributed by atoms with Gasteiger partial charge in [0.2, 0.25) is 0 Å². The van der Waals surface area contributed by atoms with E-state index >= 15 is 0 Å². The van der Waals surface area contributed by atoms with Crippen molar-refractivity contribution in [1.82, 2.24) is 15.2 Å². The molecule has 2 heterocycles. The van der Waals surface area contributed by atoms with Gasteiger partial charge in [0.05, 0.1) is 16.4 Å². The minimum Gasteiger partial charge on any atom is -0.375 e. The van der Waals surface area contributed by atoms with Crippen LogP contribution in [-0.4, -0.2) is 15.2 Å². The first kappa shape index (κ1) is 8.30. The smallest absolute Gasteiger partial charge is 0.181 e. The van der Waals surface area contributed by atoms with Crippen LogP contribution < -0.4 is 5.73 Å². The molecule has 0 fully saturated rings. The van der Waals surface area contributed by atoms with Crippen LogP contribution in [0.15, 0.2) is 17.4 Å². The van der Waals surface area contributed by atoms with Crippen molar-refractivity contribution < 1.29 is 0 Å². The third kappa shape index (κ3) is 1.03. The van der Waals surface area contributed by atoms with Crippen molar-refractivity contribution >= 4 is 43.3 Å². The molecule has 1 aromatic carbocycles. The minimum atomic E-state index is 0.287. The van der Waals surface area contributed by atoms with E-state index in [0.29, 0.717) is 10.6 Å². The van der Waals surface area contributed by atoms with Gasteiger partial charge in [0.1, 0.15) is 11.2 Å². The summed E-state index contributed by atoms with van der Waals surface area (Å²) in [6.07, 6.45) is 1.68. The van der Waals surface area contributed by atoms with Gasteiger partial charge in [-0.1, -0.05) is 11.3 Å². The van der Waals surface area contributed by atoms with Gasteiger partial charge in [-0.2, -0.15) is 5.10 Å². The van der Waals surface area contributed by atoms with Gasteiger partial charge in [-0.05, 0) is 11.2 Å². The Labute approximate surface area is 87.1 Å². The maximum atomic E-state index is 10.6. The van der Waals surface area contributed by atoms with E-state index in [1.165, 1.54) is 11.3 Å². The van der Waals surface area contributed by atoms with E-state index in [2.05, 4.69) is 20.4 Å². The number of hydrogen-bond acceptors (Lipinski definition) is 6. The molecule has 3 aromatic rings. The molecular formula is C8H5N5OS. The molecule has 0 spiro atoms. The Bertz CT molecular complexity index is 670. The number of nitrogens with one attached hydrogen (secondary N) is 1. The third-order valence-electron chi connectivity index (χ3n) is 2.18. The number of rotatable bonds is 1. The Hall–Kier alpha value is -2.02. The van der Waals surface area contributed by atoms with Crippen LogP contribution in [0.4, 0.5) is 10.8 Å². The number of nitrogens with two attached hydrogens (primary N) is 1. The highest BCUT2D eigenvalue weighted by Gasteiger charge is 2.12. The summed E-state index contributed by atoms with van der Waals surface area (Å²) in [6, 6.07) is 1.62. The van der Waals surface area contributed by atoms with E-state index < -0.39 is 0 Å². The molecule has 2 aromatic heterocycles. The second-order valence-corrected chi connectivity index (χ2v) is 4.08. The lowest BCUT2D eigenvalue weighted by Crippen LogP contribution is -1.79. The van der Waals surface area contributed by atoms with Crippen LogP contribution in [0.2, 0.25) is 0 Å². The molecular weight excluding hydrogens is 214 g/mol. The summed E-state index contributed by atoms with van der Waals surface area (Å²) in [5.74, 6) is 0. The summed E-state index contributed by atoms with van der Waals surface area (Å²) in [4.78, 5) is 14.7. The summed E-state index contributed by atoms with van der Waals surface area (Å²) in [5.41, 5.74) is 7.20. The lowest BCUT2D eigenvalue weighted by atomic mass is 10.2. The summed E-state index contributed by atoms with van der Waals surface area (Å²) in [5, 5.41) is 11.0. The predicted octanol–water partition coefficient (Wildman–Crippen LogP) is 2.15. The van der Waals surface area contributed by atoms with Crippen molar-refractivity contribution in [2.24, 2.45) is 5.18 Å². The molecule has 74 valence electrons. The van der Waals surface area contributed by atoms with Crippen LogP contribution in [0.3, 0.4) is 0 Å². The summed E-state index contributed by atoms with van der Waals surface area (Å²) >= 11 is 1.32. The monoisotopic (exact) mass is 219 g/mol. The van der Waals surface area contributed by atoms with Crippen LogP contribution in [0, 0.1) is 4.91 Å². The first-order valence-corrected chi connectivity index (χ1v) is 4.96. The number of nitrogen functional groups attached to an aromatic ring is 1. The van der Waals surface area contributed by atoms with Gasteiger partial charge in [0.25, 0.3) is 0 Å². The molecule has 6 nitrogen and oxygen atoms in total. The number of aromatic amines is 1. The third-order valence-corrected chi connectivity index (χ3v) is 3.10. The molecule has 0 saturated heterocycles. The lowest BCUT2D eigenvalue weighted by Gasteiger charge is -1.92. The van der Waals surface area contributed by atoms with Crippen LogP contribution in [0.25, 0.3) is 21.1 Å². The zero-order valence-electron chi connectivity index (χ0n) is 7.39. The first-order valence-electron chi connectivity index (χ1n) is 4.15. The number of thiazole rings is 1. The van der Waals surface area contributed by atoms with Crippen molar-refractivity contribution in [3.8, 4) is 0 Å². The van der Waals surface area contributed by atoms with Gasteiger partial charge in [-0.25, -0.2) is 4.98 Å². The number of fused-ring (bicyclic) bond motifs is 3. The Morgan fingerprint density at radius 1 is 1.53 bits per heavy atom. The zero-order valence-corrected chi connectivity index (χ0v) is 8.21. The number of anilines is 1. The van der Waals surface area contributed by atoms with E-state index in [9.17, 15) is 4.91 Å². The van der Waals surface area contributed by atoms with E-state index in [1.54, 1.807) is 12.3 Å². The predicted molar refractivity (Wildman–Crippen MR) is 59.1 cm³/mol. The maximum absolute atomic E-state index is 10.6. The van der Waals surface area contributed by atoms with Crippen LogP contribution >= 0.6 is 11.3 Å². The molecule has 0 aliphatic heterocycles. The summed E-state index contributed by atoms with van der Waals surface area (Å²) in [7, 11) is 0. The van der Waals surface area contributed by atoms with Gasteiger partial charge in [0, 0.05) is 5.39 Å². The number of nitroso groups, excluding NO2 is 1. The van der Waals surface area contributed by atoms with Crippen molar-refractivity contribution in [2.75, 3.05) is 5.73 Å².